The summed E-state index contributed by atoms with van der Waals surface area (Å²) in [5.74, 6) is 0.382. The average Bonchev–Trinajstić information content (AvgIpc) is 2.79. The van der Waals surface area contributed by atoms with Crippen molar-refractivity contribution in [1.29, 1.82) is 0 Å². The maximum Gasteiger partial charge on any atom is 0.251 e. The van der Waals surface area contributed by atoms with Crippen LogP contribution < -0.4 is 20.1 Å². The molecule has 2 N–H and O–H groups in total. The summed E-state index contributed by atoms with van der Waals surface area (Å²) in [5, 5.41) is 5.53. The van der Waals surface area contributed by atoms with Crippen molar-refractivity contribution in [2.75, 3.05) is 12.4 Å². The summed E-state index contributed by atoms with van der Waals surface area (Å²) in [7, 11) is 1.57. The number of nitrogens with one attached hydrogen (secondary N) is 2. The summed E-state index contributed by atoms with van der Waals surface area (Å²) < 4.78 is 24.2. The van der Waals surface area contributed by atoms with E-state index >= 15 is 0 Å². The van der Waals surface area contributed by atoms with Crippen molar-refractivity contribution < 1.29 is 23.5 Å². The zero-order valence-electron chi connectivity index (χ0n) is 18.1. The number of anilines is 1. The molecule has 0 radical (unpaired) electrons. The predicted octanol–water partition coefficient (Wildman–Crippen LogP) is 5.02. The van der Waals surface area contributed by atoms with Gasteiger partial charge in [0.15, 0.2) is 11.5 Å². The standard InChI is InChI=1S/C25H25FN2O4/c1-16(2)23(28-24(29)17-8-10-18(26)11-9-17)25(30)27-19-12-14-20(15-13-19)32-22-7-5-4-6-21(22)31-3/h4-16,23H,1-3H3,(H,27,30)(H,28,29)/t23-/m0/s1. The number of hydrogen-bond donors (Lipinski definition) is 2. The van der Waals surface area contributed by atoms with E-state index in [0.717, 1.165) is 0 Å². The van der Waals surface area contributed by atoms with Gasteiger partial charge in [-0.1, -0.05) is 26.0 Å². The maximum atomic E-state index is 13.1. The highest BCUT2D eigenvalue weighted by Crippen LogP contribution is 2.31. The van der Waals surface area contributed by atoms with Gasteiger partial charge in [-0.3, -0.25) is 9.59 Å². The molecule has 0 aliphatic heterocycles. The lowest BCUT2D eigenvalue weighted by Gasteiger charge is -2.22. The Morgan fingerprint density at radius 3 is 2.09 bits per heavy atom. The minimum Gasteiger partial charge on any atom is -0.493 e. The van der Waals surface area contributed by atoms with Crippen molar-refractivity contribution in [2.45, 2.75) is 19.9 Å². The molecule has 0 fully saturated rings. The quantitative estimate of drug-likeness (QED) is 0.520. The molecule has 3 aromatic carbocycles. The van der Waals surface area contributed by atoms with Gasteiger partial charge in [-0.05, 0) is 66.6 Å². The van der Waals surface area contributed by atoms with Crippen LogP contribution in [0.4, 0.5) is 10.1 Å². The largest absolute Gasteiger partial charge is 0.493 e. The van der Waals surface area contributed by atoms with Crippen molar-refractivity contribution in [1.82, 2.24) is 5.32 Å². The number of rotatable bonds is 8. The molecular weight excluding hydrogens is 411 g/mol. The lowest BCUT2D eigenvalue weighted by molar-refractivity contribution is -0.118. The van der Waals surface area contributed by atoms with Gasteiger partial charge in [0.05, 0.1) is 7.11 Å². The van der Waals surface area contributed by atoms with E-state index in [9.17, 15) is 14.0 Å². The first kappa shape index (κ1) is 22.8. The summed E-state index contributed by atoms with van der Waals surface area (Å²) in [6.45, 7) is 3.67. The van der Waals surface area contributed by atoms with Gasteiger partial charge in [0.25, 0.3) is 5.91 Å². The average molecular weight is 436 g/mol. The van der Waals surface area contributed by atoms with Crippen molar-refractivity contribution in [3.05, 3.63) is 84.2 Å². The summed E-state index contributed by atoms with van der Waals surface area (Å²) in [5.41, 5.74) is 0.840. The third-order valence-electron chi connectivity index (χ3n) is 4.76. The number of carbonyl (C=O) groups excluding carboxylic acids is 2. The first-order valence-electron chi connectivity index (χ1n) is 10.2. The van der Waals surface area contributed by atoms with E-state index in [1.165, 1.54) is 24.3 Å². The molecule has 166 valence electrons. The predicted molar refractivity (Wildman–Crippen MR) is 121 cm³/mol. The van der Waals surface area contributed by atoms with Gasteiger partial charge < -0.3 is 20.1 Å². The van der Waals surface area contributed by atoms with Crippen LogP contribution in [0, 0.1) is 11.7 Å². The molecule has 3 aromatic rings. The Hall–Kier alpha value is -3.87. The Morgan fingerprint density at radius 1 is 0.875 bits per heavy atom. The molecular formula is C25H25FN2O4. The third-order valence-corrected chi connectivity index (χ3v) is 4.76. The van der Waals surface area contributed by atoms with Crippen molar-refractivity contribution >= 4 is 17.5 Å². The van der Waals surface area contributed by atoms with E-state index in [0.29, 0.717) is 22.9 Å². The molecule has 0 spiro atoms. The molecule has 1 atom stereocenters. The van der Waals surface area contributed by atoms with E-state index in [-0.39, 0.29) is 17.4 Å². The topological polar surface area (TPSA) is 76.7 Å². The minimum absolute atomic E-state index is 0.160. The summed E-state index contributed by atoms with van der Waals surface area (Å²) in [6, 6.07) is 18.6. The number of ether oxygens (including phenoxy) is 2. The third kappa shape index (κ3) is 5.85. The molecule has 0 saturated carbocycles. The molecule has 0 aromatic heterocycles. The number of amides is 2. The summed E-state index contributed by atoms with van der Waals surface area (Å²) >= 11 is 0. The van der Waals surface area contributed by atoms with E-state index in [2.05, 4.69) is 10.6 Å². The van der Waals surface area contributed by atoms with E-state index < -0.39 is 17.8 Å². The highest BCUT2D eigenvalue weighted by molar-refractivity contribution is 6.01. The Morgan fingerprint density at radius 2 is 1.50 bits per heavy atom. The fourth-order valence-electron chi connectivity index (χ4n) is 3.02. The van der Waals surface area contributed by atoms with Gasteiger partial charge >= 0.3 is 0 Å². The number of carbonyl (C=O) groups is 2. The molecule has 0 aliphatic carbocycles. The van der Waals surface area contributed by atoms with Gasteiger partial charge in [-0.2, -0.15) is 0 Å². The Balaban J connectivity index is 1.64. The van der Waals surface area contributed by atoms with E-state index in [1.54, 1.807) is 43.5 Å². The fourth-order valence-corrected chi connectivity index (χ4v) is 3.02. The van der Waals surface area contributed by atoms with Crippen LogP contribution in [0.15, 0.2) is 72.8 Å². The van der Waals surface area contributed by atoms with Crippen LogP contribution in [-0.4, -0.2) is 25.0 Å². The van der Waals surface area contributed by atoms with Gasteiger partial charge in [0, 0.05) is 11.3 Å². The van der Waals surface area contributed by atoms with E-state index in [1.807, 2.05) is 26.0 Å². The highest BCUT2D eigenvalue weighted by Gasteiger charge is 2.25. The molecule has 6 nitrogen and oxygen atoms in total. The molecule has 0 bridgehead atoms. The number of para-hydroxylation sites is 2. The Bertz CT molecular complexity index is 1070. The van der Waals surface area contributed by atoms with Crippen molar-refractivity contribution in [3.63, 3.8) is 0 Å². The lowest BCUT2D eigenvalue weighted by atomic mass is 10.0. The molecule has 2 amide bonds. The number of hydrogen-bond acceptors (Lipinski definition) is 4. The zero-order chi connectivity index (χ0) is 23.1. The molecule has 7 heteroatoms. The normalized spacial score (nSPS) is 11.5. The monoisotopic (exact) mass is 436 g/mol. The maximum absolute atomic E-state index is 13.1. The van der Waals surface area contributed by atoms with Gasteiger partial charge in [0.1, 0.15) is 17.6 Å². The second-order valence-electron chi connectivity index (χ2n) is 7.47. The van der Waals surface area contributed by atoms with Gasteiger partial charge in [0.2, 0.25) is 5.91 Å². The second kappa shape index (κ2) is 10.4. The van der Waals surface area contributed by atoms with Crippen LogP contribution in [0.3, 0.4) is 0 Å². The van der Waals surface area contributed by atoms with Crippen molar-refractivity contribution in [3.8, 4) is 17.2 Å². The number of benzene rings is 3. The Kier molecular flexibility index (Phi) is 7.44. The zero-order valence-corrected chi connectivity index (χ0v) is 18.1. The smallest absolute Gasteiger partial charge is 0.251 e. The molecule has 3 rings (SSSR count). The summed E-state index contributed by atoms with van der Waals surface area (Å²) in [4.78, 5) is 25.3. The SMILES string of the molecule is COc1ccccc1Oc1ccc(NC(=O)[C@@H](NC(=O)c2ccc(F)cc2)C(C)C)cc1. The molecule has 0 unspecified atom stereocenters. The first-order chi connectivity index (χ1) is 15.4. The second-order valence-corrected chi connectivity index (χ2v) is 7.47. The van der Waals surface area contributed by atoms with Crippen LogP contribution in [0.5, 0.6) is 17.2 Å². The molecule has 32 heavy (non-hydrogen) atoms. The van der Waals surface area contributed by atoms with Gasteiger partial charge in [-0.15, -0.1) is 0 Å². The minimum atomic E-state index is -0.767. The van der Waals surface area contributed by atoms with Crippen LogP contribution in [-0.2, 0) is 4.79 Å². The van der Waals surface area contributed by atoms with Crippen LogP contribution in [0.25, 0.3) is 0 Å². The van der Waals surface area contributed by atoms with Crippen LogP contribution in [0.1, 0.15) is 24.2 Å². The lowest BCUT2D eigenvalue weighted by Crippen LogP contribution is -2.47. The van der Waals surface area contributed by atoms with Crippen LogP contribution in [0.2, 0.25) is 0 Å². The number of halogens is 1. The molecule has 0 aliphatic rings. The fraction of sp³-hybridized carbons (Fsp3) is 0.200. The van der Waals surface area contributed by atoms with Crippen molar-refractivity contribution in [2.24, 2.45) is 5.92 Å². The van der Waals surface area contributed by atoms with E-state index in [4.69, 9.17) is 9.47 Å². The highest BCUT2D eigenvalue weighted by atomic mass is 19.1. The molecule has 0 heterocycles. The van der Waals surface area contributed by atoms with Gasteiger partial charge in [-0.25, -0.2) is 4.39 Å². The summed E-state index contributed by atoms with van der Waals surface area (Å²) in [6.07, 6.45) is 0. The first-order valence-corrected chi connectivity index (χ1v) is 10.2. The van der Waals surface area contributed by atoms with Crippen LogP contribution >= 0.6 is 0 Å². The number of methoxy groups -OCH3 is 1. The Labute approximate surface area is 186 Å². The molecule has 0 saturated heterocycles.